The molecule has 26 heavy (non-hydrogen) atoms. The van der Waals surface area contributed by atoms with Crippen molar-refractivity contribution in [1.82, 2.24) is 9.62 Å². The number of sulfonamides is 1. The van der Waals surface area contributed by atoms with Crippen molar-refractivity contribution < 1.29 is 22.3 Å². The van der Waals surface area contributed by atoms with Crippen LogP contribution in [0.2, 0.25) is 5.02 Å². The van der Waals surface area contributed by atoms with Crippen molar-refractivity contribution >= 4 is 27.5 Å². The third-order valence-electron chi connectivity index (χ3n) is 4.88. The summed E-state index contributed by atoms with van der Waals surface area (Å²) in [5.74, 6) is -0.922. The van der Waals surface area contributed by atoms with Crippen LogP contribution in [0.5, 0.6) is 0 Å². The topological polar surface area (TPSA) is 75.7 Å². The molecule has 0 radical (unpaired) electrons. The van der Waals surface area contributed by atoms with Crippen molar-refractivity contribution in [3.63, 3.8) is 0 Å². The molecule has 9 heteroatoms. The number of nitrogens with zero attached hydrogens (tertiary/aromatic N) is 1. The van der Waals surface area contributed by atoms with Gasteiger partial charge in [0.2, 0.25) is 15.9 Å². The molecule has 2 fully saturated rings. The fourth-order valence-electron chi connectivity index (χ4n) is 3.31. The minimum Gasteiger partial charge on any atom is -0.376 e. The van der Waals surface area contributed by atoms with Crippen LogP contribution in [0, 0.1) is 11.7 Å². The van der Waals surface area contributed by atoms with Crippen LogP contribution in [-0.4, -0.2) is 51.0 Å². The number of hydrogen-bond donors (Lipinski definition) is 1. The van der Waals surface area contributed by atoms with Gasteiger partial charge < -0.3 is 10.1 Å². The molecule has 1 aromatic rings. The highest BCUT2D eigenvalue weighted by Gasteiger charge is 2.32. The second kappa shape index (κ2) is 8.21. The first kappa shape index (κ1) is 19.5. The van der Waals surface area contributed by atoms with Crippen LogP contribution in [0.4, 0.5) is 4.39 Å². The van der Waals surface area contributed by atoms with Gasteiger partial charge in [-0.25, -0.2) is 12.8 Å². The number of amides is 1. The molecule has 144 valence electrons. The summed E-state index contributed by atoms with van der Waals surface area (Å²) in [4.78, 5) is 12.2. The number of piperidine rings is 1. The lowest BCUT2D eigenvalue weighted by Crippen LogP contribution is -2.44. The minimum absolute atomic E-state index is 0.0369. The molecule has 0 aliphatic carbocycles. The summed E-state index contributed by atoms with van der Waals surface area (Å²) in [6.07, 6.45) is 2.96. The van der Waals surface area contributed by atoms with Crippen LogP contribution in [0.25, 0.3) is 0 Å². The minimum atomic E-state index is -3.75. The fourth-order valence-corrected chi connectivity index (χ4v) is 5.05. The van der Waals surface area contributed by atoms with E-state index in [1.807, 2.05) is 0 Å². The molecule has 2 heterocycles. The number of hydrogen-bond acceptors (Lipinski definition) is 4. The highest BCUT2D eigenvalue weighted by Crippen LogP contribution is 2.26. The van der Waals surface area contributed by atoms with Gasteiger partial charge in [-0.05, 0) is 43.9 Å². The van der Waals surface area contributed by atoms with Crippen LogP contribution >= 0.6 is 11.6 Å². The van der Waals surface area contributed by atoms with E-state index in [4.69, 9.17) is 16.3 Å². The average Bonchev–Trinajstić information content (AvgIpc) is 3.15. The Morgan fingerprint density at radius 2 is 2.04 bits per heavy atom. The molecule has 0 saturated carbocycles. The van der Waals surface area contributed by atoms with E-state index in [-0.39, 0.29) is 40.9 Å². The SMILES string of the molecule is O=C(NCC1CCCO1)C1CCN(S(=O)(=O)c2ccc(F)c(Cl)c2)CC1. The summed E-state index contributed by atoms with van der Waals surface area (Å²) >= 11 is 5.69. The van der Waals surface area contributed by atoms with Crippen molar-refractivity contribution in [3.05, 3.63) is 29.0 Å². The third-order valence-corrected chi connectivity index (χ3v) is 7.07. The Kier molecular flexibility index (Phi) is 6.17. The molecule has 0 bridgehead atoms. The molecule has 3 rings (SSSR count). The number of ether oxygens (including phenoxy) is 1. The van der Waals surface area contributed by atoms with E-state index >= 15 is 0 Å². The molecule has 1 amide bonds. The molecule has 1 atom stereocenters. The number of benzene rings is 1. The van der Waals surface area contributed by atoms with Gasteiger partial charge in [0.1, 0.15) is 5.82 Å². The van der Waals surface area contributed by atoms with Gasteiger partial charge in [0.15, 0.2) is 0 Å². The van der Waals surface area contributed by atoms with Gasteiger partial charge in [-0.2, -0.15) is 4.31 Å². The second-order valence-electron chi connectivity index (χ2n) is 6.63. The molecule has 0 aromatic heterocycles. The zero-order valence-corrected chi connectivity index (χ0v) is 15.9. The van der Waals surface area contributed by atoms with Gasteiger partial charge in [-0.15, -0.1) is 0 Å². The number of carbonyl (C=O) groups excluding carboxylic acids is 1. The van der Waals surface area contributed by atoms with Gasteiger partial charge in [0.25, 0.3) is 0 Å². The molecule has 2 aliphatic rings. The summed E-state index contributed by atoms with van der Waals surface area (Å²) < 4.78 is 45.4. The Labute approximate surface area is 157 Å². The van der Waals surface area contributed by atoms with Crippen LogP contribution in [-0.2, 0) is 19.6 Å². The zero-order chi connectivity index (χ0) is 18.7. The molecule has 1 aromatic carbocycles. The maximum Gasteiger partial charge on any atom is 0.243 e. The van der Waals surface area contributed by atoms with E-state index in [2.05, 4.69) is 5.32 Å². The summed E-state index contributed by atoms with van der Waals surface area (Å²) in [5.41, 5.74) is 0. The Morgan fingerprint density at radius 1 is 1.31 bits per heavy atom. The predicted molar refractivity (Wildman–Crippen MR) is 94.9 cm³/mol. The Hall–Kier alpha value is -1.22. The normalized spacial score (nSPS) is 22.5. The molecule has 6 nitrogen and oxygen atoms in total. The standard InChI is InChI=1S/C17H22ClFN2O4S/c18-15-10-14(3-4-16(15)19)26(23,24)21-7-5-12(6-8-21)17(22)20-11-13-2-1-9-25-13/h3-4,10,12-13H,1-2,5-9,11H2,(H,20,22). The van der Waals surface area contributed by atoms with Crippen molar-refractivity contribution in [2.24, 2.45) is 5.92 Å². The first-order valence-corrected chi connectivity index (χ1v) is 10.5. The predicted octanol–water partition coefficient (Wildman–Crippen LogP) is 2.17. The van der Waals surface area contributed by atoms with Crippen molar-refractivity contribution in [2.45, 2.75) is 36.7 Å². The van der Waals surface area contributed by atoms with E-state index < -0.39 is 15.8 Å². The lowest BCUT2D eigenvalue weighted by molar-refractivity contribution is -0.126. The monoisotopic (exact) mass is 404 g/mol. The largest absolute Gasteiger partial charge is 0.376 e. The zero-order valence-electron chi connectivity index (χ0n) is 14.3. The van der Waals surface area contributed by atoms with Crippen molar-refractivity contribution in [3.8, 4) is 0 Å². The van der Waals surface area contributed by atoms with Crippen molar-refractivity contribution in [2.75, 3.05) is 26.2 Å². The molecular weight excluding hydrogens is 383 g/mol. The summed E-state index contributed by atoms with van der Waals surface area (Å²) in [6, 6.07) is 3.37. The molecule has 1 N–H and O–H groups in total. The van der Waals surface area contributed by atoms with E-state index in [1.165, 1.54) is 10.4 Å². The second-order valence-corrected chi connectivity index (χ2v) is 8.98. The first-order chi connectivity index (χ1) is 12.4. The Bertz CT molecular complexity index is 760. The summed E-state index contributed by atoms with van der Waals surface area (Å²) in [6.45, 7) is 1.74. The molecule has 1 unspecified atom stereocenters. The van der Waals surface area contributed by atoms with E-state index in [0.717, 1.165) is 31.6 Å². The third kappa shape index (κ3) is 4.36. The summed E-state index contributed by atoms with van der Waals surface area (Å²) in [5, 5.41) is 2.67. The van der Waals surface area contributed by atoms with Crippen LogP contribution < -0.4 is 5.32 Å². The van der Waals surface area contributed by atoms with E-state index in [0.29, 0.717) is 19.4 Å². The van der Waals surface area contributed by atoms with Crippen LogP contribution in [0.3, 0.4) is 0 Å². The van der Waals surface area contributed by atoms with E-state index in [9.17, 15) is 17.6 Å². The average molecular weight is 405 g/mol. The highest BCUT2D eigenvalue weighted by molar-refractivity contribution is 7.89. The van der Waals surface area contributed by atoms with Crippen molar-refractivity contribution in [1.29, 1.82) is 0 Å². The Balaban J connectivity index is 1.55. The van der Waals surface area contributed by atoms with Gasteiger partial charge in [0.05, 0.1) is 16.0 Å². The fraction of sp³-hybridized carbons (Fsp3) is 0.588. The molecule has 2 saturated heterocycles. The first-order valence-electron chi connectivity index (χ1n) is 8.72. The number of carbonyl (C=O) groups is 1. The molecule has 2 aliphatic heterocycles. The van der Waals surface area contributed by atoms with E-state index in [1.54, 1.807) is 0 Å². The van der Waals surface area contributed by atoms with Gasteiger partial charge in [-0.3, -0.25) is 4.79 Å². The van der Waals surface area contributed by atoms with Gasteiger partial charge >= 0.3 is 0 Å². The van der Waals surface area contributed by atoms with Gasteiger partial charge in [-0.1, -0.05) is 11.6 Å². The molecular formula is C17H22ClFN2O4S. The number of nitrogens with one attached hydrogen (secondary N) is 1. The lowest BCUT2D eigenvalue weighted by atomic mass is 9.97. The van der Waals surface area contributed by atoms with Crippen LogP contribution in [0.1, 0.15) is 25.7 Å². The maximum atomic E-state index is 13.3. The quantitative estimate of drug-likeness (QED) is 0.816. The number of rotatable bonds is 5. The Morgan fingerprint density at radius 3 is 2.65 bits per heavy atom. The maximum absolute atomic E-state index is 13.3. The molecule has 0 spiro atoms. The van der Waals surface area contributed by atoms with Crippen LogP contribution in [0.15, 0.2) is 23.1 Å². The van der Waals surface area contributed by atoms with Gasteiger partial charge in [0, 0.05) is 32.2 Å². The smallest absolute Gasteiger partial charge is 0.243 e. The summed E-state index contributed by atoms with van der Waals surface area (Å²) in [7, 11) is -3.75. The lowest BCUT2D eigenvalue weighted by Gasteiger charge is -2.30. The highest BCUT2D eigenvalue weighted by atomic mass is 35.5. The number of halogens is 2.